The molecule has 2 N–H and O–H groups in total. The van der Waals surface area contributed by atoms with Gasteiger partial charge in [-0.05, 0) is 25.1 Å². The molecule has 2 aromatic rings. The number of carboxylic acid groups (broad SMARTS) is 1. The zero-order chi connectivity index (χ0) is 15.8. The van der Waals surface area contributed by atoms with Crippen molar-refractivity contribution in [3.05, 3.63) is 29.5 Å². The van der Waals surface area contributed by atoms with Gasteiger partial charge in [0.1, 0.15) is 11.3 Å². The second-order valence-electron chi connectivity index (χ2n) is 4.31. The summed E-state index contributed by atoms with van der Waals surface area (Å²) in [7, 11) is 0. The summed E-state index contributed by atoms with van der Waals surface area (Å²) in [5.41, 5.74) is -0.0686. The van der Waals surface area contributed by atoms with Crippen molar-refractivity contribution in [2.45, 2.75) is 13.1 Å². The highest BCUT2D eigenvalue weighted by molar-refractivity contribution is 6.05. The van der Waals surface area contributed by atoms with E-state index in [4.69, 9.17) is 5.11 Å². The molecule has 0 aliphatic rings. The summed E-state index contributed by atoms with van der Waals surface area (Å²) in [4.78, 5) is 15.2. The van der Waals surface area contributed by atoms with E-state index in [1.165, 1.54) is 19.1 Å². The van der Waals surface area contributed by atoms with Gasteiger partial charge in [-0.25, -0.2) is 9.78 Å². The summed E-state index contributed by atoms with van der Waals surface area (Å²) >= 11 is 0. The first-order valence-corrected chi connectivity index (χ1v) is 5.75. The van der Waals surface area contributed by atoms with Gasteiger partial charge in [0.25, 0.3) is 0 Å². The summed E-state index contributed by atoms with van der Waals surface area (Å²) in [6.07, 6.45) is -4.50. The van der Waals surface area contributed by atoms with E-state index >= 15 is 0 Å². The Kier molecular flexibility index (Phi) is 3.63. The Balaban J connectivity index is 2.53. The summed E-state index contributed by atoms with van der Waals surface area (Å²) in [6, 6.07) is 3.69. The fourth-order valence-electron chi connectivity index (χ4n) is 1.83. The Morgan fingerprint density at radius 1 is 1.38 bits per heavy atom. The van der Waals surface area contributed by atoms with Crippen LogP contribution in [0.3, 0.4) is 0 Å². The van der Waals surface area contributed by atoms with Crippen molar-refractivity contribution < 1.29 is 32.9 Å². The van der Waals surface area contributed by atoms with Gasteiger partial charge in [-0.3, -0.25) is 0 Å². The topological polar surface area (TPSA) is 79.7 Å². The molecule has 0 fully saturated rings. The average molecular weight is 301 g/mol. The van der Waals surface area contributed by atoms with E-state index < -0.39 is 30.1 Å². The molecule has 0 aliphatic carbocycles. The maximum absolute atomic E-state index is 12.1. The minimum Gasteiger partial charge on any atom is -0.505 e. The van der Waals surface area contributed by atoms with Crippen LogP contribution in [0.25, 0.3) is 10.9 Å². The number of aryl methyl sites for hydroxylation is 1. The van der Waals surface area contributed by atoms with E-state index in [1.54, 1.807) is 0 Å². The first-order chi connectivity index (χ1) is 9.69. The smallest absolute Gasteiger partial charge is 0.422 e. The molecule has 5 nitrogen and oxygen atoms in total. The van der Waals surface area contributed by atoms with Crippen LogP contribution in [-0.2, 0) is 0 Å². The molecule has 8 heteroatoms. The molecule has 0 amide bonds. The predicted octanol–water partition coefficient (Wildman–Crippen LogP) is 2.89. The van der Waals surface area contributed by atoms with Gasteiger partial charge in [-0.2, -0.15) is 13.2 Å². The van der Waals surface area contributed by atoms with E-state index in [0.29, 0.717) is 0 Å². The lowest BCUT2D eigenvalue weighted by Gasteiger charge is -2.11. The van der Waals surface area contributed by atoms with Crippen molar-refractivity contribution >= 4 is 16.9 Å². The van der Waals surface area contributed by atoms with Crippen LogP contribution in [0, 0.1) is 6.92 Å². The largest absolute Gasteiger partial charge is 0.505 e. The minimum atomic E-state index is -4.50. The number of nitrogens with zero attached hydrogens (tertiary/aromatic N) is 1. The van der Waals surface area contributed by atoms with Gasteiger partial charge in [0.2, 0.25) is 0 Å². The lowest BCUT2D eigenvalue weighted by Crippen LogP contribution is -2.19. The quantitative estimate of drug-likeness (QED) is 0.911. The first kappa shape index (κ1) is 14.9. The molecule has 0 spiro atoms. The summed E-state index contributed by atoms with van der Waals surface area (Å²) in [5, 5.41) is 18.9. The number of halogens is 3. The number of ether oxygens (including phenoxy) is 1. The summed E-state index contributed by atoms with van der Waals surface area (Å²) < 4.78 is 40.9. The van der Waals surface area contributed by atoms with Gasteiger partial charge in [0, 0.05) is 5.39 Å². The van der Waals surface area contributed by atoms with Crippen LogP contribution in [-0.4, -0.2) is 33.9 Å². The molecule has 21 heavy (non-hydrogen) atoms. The number of benzene rings is 1. The molecule has 1 aromatic heterocycles. The van der Waals surface area contributed by atoms with Crippen molar-refractivity contribution in [3.8, 4) is 11.5 Å². The Morgan fingerprint density at radius 2 is 2.05 bits per heavy atom. The molecule has 1 aromatic carbocycles. The molecule has 112 valence electrons. The fraction of sp³-hybridized carbons (Fsp3) is 0.231. The Hall–Kier alpha value is -2.51. The van der Waals surface area contributed by atoms with Crippen molar-refractivity contribution in [2.75, 3.05) is 6.61 Å². The van der Waals surface area contributed by atoms with E-state index in [0.717, 1.165) is 6.07 Å². The van der Waals surface area contributed by atoms with Crippen LogP contribution in [0.1, 0.15) is 16.1 Å². The lowest BCUT2D eigenvalue weighted by atomic mass is 10.1. The van der Waals surface area contributed by atoms with Crippen LogP contribution in [0.2, 0.25) is 0 Å². The van der Waals surface area contributed by atoms with Crippen LogP contribution in [0.15, 0.2) is 18.2 Å². The number of aromatic nitrogens is 1. The Bertz CT molecular complexity index is 713. The average Bonchev–Trinajstić information content (AvgIpc) is 2.36. The third-order valence-corrected chi connectivity index (χ3v) is 2.72. The maximum Gasteiger partial charge on any atom is 0.422 e. The molecule has 0 saturated heterocycles. The highest BCUT2D eigenvalue weighted by atomic mass is 19.4. The van der Waals surface area contributed by atoms with Crippen LogP contribution in [0.4, 0.5) is 13.2 Å². The third-order valence-electron chi connectivity index (χ3n) is 2.72. The van der Waals surface area contributed by atoms with Crippen molar-refractivity contribution in [2.24, 2.45) is 0 Å². The second-order valence-corrected chi connectivity index (χ2v) is 4.31. The molecule has 0 atom stereocenters. The van der Waals surface area contributed by atoms with Crippen molar-refractivity contribution in [1.82, 2.24) is 4.98 Å². The minimum absolute atomic E-state index is 0.00488. The van der Waals surface area contributed by atoms with Gasteiger partial charge in [-0.15, -0.1) is 0 Å². The monoisotopic (exact) mass is 301 g/mol. The molecule has 1 heterocycles. The van der Waals surface area contributed by atoms with E-state index in [9.17, 15) is 23.1 Å². The third kappa shape index (κ3) is 3.15. The SMILES string of the molecule is Cc1nc2ccc(OCC(F)(F)F)cc2c(C(=O)O)c1O. The second kappa shape index (κ2) is 5.12. The number of rotatable bonds is 3. The molecule has 0 saturated carbocycles. The van der Waals surface area contributed by atoms with E-state index in [2.05, 4.69) is 9.72 Å². The fourth-order valence-corrected chi connectivity index (χ4v) is 1.83. The molecular weight excluding hydrogens is 291 g/mol. The maximum atomic E-state index is 12.1. The number of hydrogen-bond acceptors (Lipinski definition) is 4. The molecule has 0 bridgehead atoms. The van der Waals surface area contributed by atoms with Gasteiger partial charge in [0.15, 0.2) is 12.4 Å². The number of carboxylic acids is 1. The standard InChI is InChI=1S/C13H10F3NO4/c1-6-11(18)10(12(19)20)8-4-7(2-3-9(8)17-6)21-5-13(14,15)16/h2-4,18H,5H2,1H3,(H,19,20). The highest BCUT2D eigenvalue weighted by Gasteiger charge is 2.28. The van der Waals surface area contributed by atoms with Gasteiger partial charge < -0.3 is 14.9 Å². The molecule has 0 radical (unpaired) electrons. The Morgan fingerprint density at radius 3 is 2.62 bits per heavy atom. The van der Waals surface area contributed by atoms with Crippen LogP contribution in [0.5, 0.6) is 11.5 Å². The Labute approximate surface area is 116 Å². The first-order valence-electron chi connectivity index (χ1n) is 5.75. The normalized spacial score (nSPS) is 11.6. The van der Waals surface area contributed by atoms with Gasteiger partial charge in [-0.1, -0.05) is 0 Å². The zero-order valence-corrected chi connectivity index (χ0v) is 10.7. The number of fused-ring (bicyclic) bond motifs is 1. The van der Waals surface area contributed by atoms with Gasteiger partial charge in [0.05, 0.1) is 11.2 Å². The number of carbonyl (C=O) groups is 1. The molecular formula is C13H10F3NO4. The number of alkyl halides is 3. The summed E-state index contributed by atoms with van der Waals surface area (Å²) in [6.45, 7) is -0.0680. The van der Waals surface area contributed by atoms with Crippen molar-refractivity contribution in [1.29, 1.82) is 0 Å². The zero-order valence-electron chi connectivity index (χ0n) is 10.7. The van der Waals surface area contributed by atoms with E-state index in [1.807, 2.05) is 0 Å². The number of aromatic hydroxyl groups is 1. The molecule has 0 unspecified atom stereocenters. The molecule has 0 aliphatic heterocycles. The van der Waals surface area contributed by atoms with Gasteiger partial charge >= 0.3 is 12.1 Å². The van der Waals surface area contributed by atoms with Crippen molar-refractivity contribution in [3.63, 3.8) is 0 Å². The summed E-state index contributed by atoms with van der Waals surface area (Å²) in [5.74, 6) is -2.09. The highest BCUT2D eigenvalue weighted by Crippen LogP contribution is 2.31. The van der Waals surface area contributed by atoms with Crippen LogP contribution >= 0.6 is 0 Å². The van der Waals surface area contributed by atoms with E-state index in [-0.39, 0.29) is 22.3 Å². The molecule has 2 rings (SSSR count). The number of pyridine rings is 1. The number of aromatic carboxylic acids is 1. The predicted molar refractivity (Wildman–Crippen MR) is 66.7 cm³/mol. The van der Waals surface area contributed by atoms with Crippen LogP contribution < -0.4 is 4.74 Å². The lowest BCUT2D eigenvalue weighted by molar-refractivity contribution is -0.153. The number of hydrogen-bond donors (Lipinski definition) is 2.